The van der Waals surface area contributed by atoms with Crippen LogP contribution in [0.2, 0.25) is 0 Å². The average Bonchev–Trinajstić information content (AvgIpc) is 3.49. The molecule has 0 radical (unpaired) electrons. The quantitative estimate of drug-likeness (QED) is 0.575. The normalized spacial score (nSPS) is 17.8. The molecular formula is C25H30N4O3. The number of hydrogen-bond donors (Lipinski definition) is 1. The van der Waals surface area contributed by atoms with Crippen LogP contribution in [0.25, 0.3) is 22.4 Å². The molecule has 3 aromatic rings. The summed E-state index contributed by atoms with van der Waals surface area (Å²) in [7, 11) is 3.27. The Balaban J connectivity index is 1.47. The summed E-state index contributed by atoms with van der Waals surface area (Å²) in [6.45, 7) is 3.43. The van der Waals surface area contributed by atoms with Crippen molar-refractivity contribution in [1.29, 1.82) is 0 Å². The van der Waals surface area contributed by atoms with Gasteiger partial charge in [0.2, 0.25) is 5.91 Å². The summed E-state index contributed by atoms with van der Waals surface area (Å²) < 4.78 is 12.7. The van der Waals surface area contributed by atoms with Crippen LogP contribution in [0.3, 0.4) is 0 Å². The van der Waals surface area contributed by atoms with Gasteiger partial charge in [0.05, 0.1) is 26.1 Å². The van der Waals surface area contributed by atoms with E-state index in [0.717, 1.165) is 48.2 Å². The summed E-state index contributed by atoms with van der Waals surface area (Å²) >= 11 is 0. The number of aromatic nitrogens is 3. The zero-order chi connectivity index (χ0) is 22.5. The summed E-state index contributed by atoms with van der Waals surface area (Å²) in [6, 6.07) is 14.3. The van der Waals surface area contributed by atoms with Crippen LogP contribution in [0, 0.1) is 11.8 Å². The molecule has 0 unspecified atom stereocenters. The summed E-state index contributed by atoms with van der Waals surface area (Å²) in [5.74, 6) is 2.16. The van der Waals surface area contributed by atoms with Gasteiger partial charge in [-0.3, -0.25) is 4.79 Å². The Morgan fingerprint density at radius 2 is 1.75 bits per heavy atom. The monoisotopic (exact) mass is 434 g/mol. The van der Waals surface area contributed by atoms with E-state index in [2.05, 4.69) is 39.9 Å². The number of carbonyl (C=O) groups excluding carboxylic acids is 1. The van der Waals surface area contributed by atoms with Crippen LogP contribution >= 0.6 is 0 Å². The highest BCUT2D eigenvalue weighted by Gasteiger charge is 2.30. The van der Waals surface area contributed by atoms with Gasteiger partial charge in [-0.1, -0.05) is 35.5 Å². The van der Waals surface area contributed by atoms with Gasteiger partial charge in [-0.15, -0.1) is 5.10 Å². The Morgan fingerprint density at radius 3 is 2.47 bits per heavy atom. The topological polar surface area (TPSA) is 78.3 Å². The lowest BCUT2D eigenvalue weighted by Gasteiger charge is -2.13. The van der Waals surface area contributed by atoms with Gasteiger partial charge in [-0.2, -0.15) is 0 Å². The Morgan fingerprint density at radius 1 is 1.03 bits per heavy atom. The van der Waals surface area contributed by atoms with E-state index in [1.54, 1.807) is 14.2 Å². The van der Waals surface area contributed by atoms with Crippen LogP contribution in [0.4, 0.5) is 0 Å². The summed E-state index contributed by atoms with van der Waals surface area (Å²) in [5, 5.41) is 11.4. The largest absolute Gasteiger partial charge is 0.493 e. The van der Waals surface area contributed by atoms with E-state index in [1.165, 1.54) is 0 Å². The van der Waals surface area contributed by atoms with Gasteiger partial charge in [0.1, 0.15) is 0 Å². The fourth-order valence-electron chi connectivity index (χ4n) is 4.51. The molecule has 0 saturated heterocycles. The first-order valence-corrected chi connectivity index (χ1v) is 11.1. The van der Waals surface area contributed by atoms with E-state index in [0.29, 0.717) is 24.0 Å². The van der Waals surface area contributed by atoms with Crippen molar-refractivity contribution in [3.8, 4) is 33.9 Å². The molecule has 1 N–H and O–H groups in total. The number of ether oxygens (including phenoxy) is 2. The number of nitrogens with one attached hydrogen (secondary N) is 1. The van der Waals surface area contributed by atoms with Crippen molar-refractivity contribution in [3.63, 3.8) is 0 Å². The van der Waals surface area contributed by atoms with Gasteiger partial charge in [0, 0.05) is 24.6 Å². The molecule has 4 rings (SSSR count). The van der Waals surface area contributed by atoms with Crippen molar-refractivity contribution < 1.29 is 14.3 Å². The minimum Gasteiger partial charge on any atom is -0.493 e. The number of amides is 1. The van der Waals surface area contributed by atoms with Crippen molar-refractivity contribution in [3.05, 3.63) is 48.7 Å². The molecular weight excluding hydrogens is 404 g/mol. The molecule has 1 saturated carbocycles. The molecule has 1 aliphatic rings. The van der Waals surface area contributed by atoms with E-state index in [-0.39, 0.29) is 11.8 Å². The summed E-state index contributed by atoms with van der Waals surface area (Å²) in [5.41, 5.74) is 4.21. The maximum absolute atomic E-state index is 12.1. The van der Waals surface area contributed by atoms with Crippen molar-refractivity contribution in [2.45, 2.75) is 32.7 Å². The van der Waals surface area contributed by atoms with E-state index >= 15 is 0 Å². The first-order valence-electron chi connectivity index (χ1n) is 11.1. The lowest BCUT2D eigenvalue weighted by atomic mass is 10.0. The predicted molar refractivity (Wildman–Crippen MR) is 124 cm³/mol. The van der Waals surface area contributed by atoms with Crippen LogP contribution in [-0.4, -0.2) is 41.7 Å². The highest BCUT2D eigenvalue weighted by atomic mass is 16.5. The Labute approximate surface area is 188 Å². The molecule has 1 fully saturated rings. The van der Waals surface area contributed by atoms with E-state index < -0.39 is 0 Å². The van der Waals surface area contributed by atoms with Gasteiger partial charge in [-0.25, -0.2) is 4.68 Å². The Hall–Kier alpha value is -3.35. The van der Waals surface area contributed by atoms with E-state index in [4.69, 9.17) is 9.47 Å². The zero-order valence-corrected chi connectivity index (χ0v) is 18.9. The number of rotatable bonds is 8. The number of nitrogens with zero attached hydrogens (tertiary/aromatic N) is 3. The third kappa shape index (κ3) is 4.61. The van der Waals surface area contributed by atoms with Crippen molar-refractivity contribution in [1.82, 2.24) is 20.3 Å². The molecule has 1 aliphatic carbocycles. The SMILES string of the molecule is CCNC(=O)[C@H]1CC[C@@H](Cn2nncc2-c2ccc(-c3ccc(OC)c(OC)c3)cc2)C1. The molecule has 168 valence electrons. The number of benzene rings is 2. The van der Waals surface area contributed by atoms with Crippen molar-refractivity contribution in [2.24, 2.45) is 11.8 Å². The first-order chi connectivity index (χ1) is 15.6. The molecule has 0 spiro atoms. The predicted octanol–water partition coefficient (Wildman–Crippen LogP) is 4.18. The Kier molecular flexibility index (Phi) is 6.73. The molecule has 1 heterocycles. The number of methoxy groups -OCH3 is 2. The molecule has 1 aromatic heterocycles. The van der Waals surface area contributed by atoms with Crippen LogP contribution in [0.15, 0.2) is 48.7 Å². The average molecular weight is 435 g/mol. The van der Waals surface area contributed by atoms with Gasteiger partial charge < -0.3 is 14.8 Å². The highest BCUT2D eigenvalue weighted by Crippen LogP contribution is 2.34. The third-order valence-electron chi connectivity index (χ3n) is 6.21. The summed E-state index contributed by atoms with van der Waals surface area (Å²) in [6.07, 6.45) is 4.70. The highest BCUT2D eigenvalue weighted by molar-refractivity contribution is 5.78. The maximum Gasteiger partial charge on any atom is 0.223 e. The first kappa shape index (κ1) is 21.9. The van der Waals surface area contributed by atoms with E-state index in [1.807, 2.05) is 36.0 Å². The second kappa shape index (κ2) is 9.85. The fraction of sp³-hybridized carbons (Fsp3) is 0.400. The maximum atomic E-state index is 12.1. The standard InChI is InChI=1S/C25H30N4O3/c1-4-26-25(30)21-6-5-17(13-21)16-29-22(15-27-28-29)19-9-7-18(8-10-19)20-11-12-23(31-2)24(14-20)32-3/h7-12,14-15,17,21H,4-6,13,16H2,1-3H3,(H,26,30)/t17-,21+/m1/s1. The third-order valence-corrected chi connectivity index (χ3v) is 6.21. The molecule has 7 nitrogen and oxygen atoms in total. The summed E-state index contributed by atoms with van der Waals surface area (Å²) in [4.78, 5) is 12.1. The zero-order valence-electron chi connectivity index (χ0n) is 18.9. The van der Waals surface area contributed by atoms with Crippen LogP contribution in [0.5, 0.6) is 11.5 Å². The van der Waals surface area contributed by atoms with Crippen LogP contribution < -0.4 is 14.8 Å². The molecule has 0 aliphatic heterocycles. The van der Waals surface area contributed by atoms with Crippen molar-refractivity contribution >= 4 is 5.91 Å². The smallest absolute Gasteiger partial charge is 0.223 e. The van der Waals surface area contributed by atoms with E-state index in [9.17, 15) is 4.79 Å². The molecule has 7 heteroatoms. The fourth-order valence-corrected chi connectivity index (χ4v) is 4.51. The van der Waals surface area contributed by atoms with Gasteiger partial charge >= 0.3 is 0 Å². The van der Waals surface area contributed by atoms with Crippen molar-refractivity contribution in [2.75, 3.05) is 20.8 Å². The van der Waals surface area contributed by atoms with Gasteiger partial charge in [-0.05, 0) is 55.4 Å². The number of carbonyl (C=O) groups is 1. The molecule has 1 amide bonds. The van der Waals surface area contributed by atoms with Crippen LogP contribution in [0.1, 0.15) is 26.2 Å². The Bertz CT molecular complexity index is 1060. The second-order valence-electron chi connectivity index (χ2n) is 8.22. The lowest BCUT2D eigenvalue weighted by molar-refractivity contribution is -0.124. The lowest BCUT2D eigenvalue weighted by Crippen LogP contribution is -2.29. The van der Waals surface area contributed by atoms with Gasteiger partial charge in [0.25, 0.3) is 0 Å². The second-order valence-corrected chi connectivity index (χ2v) is 8.22. The van der Waals surface area contributed by atoms with Gasteiger partial charge in [0.15, 0.2) is 11.5 Å². The van der Waals surface area contributed by atoms with Crippen LogP contribution in [-0.2, 0) is 11.3 Å². The molecule has 2 aromatic carbocycles. The minimum absolute atomic E-state index is 0.118. The number of hydrogen-bond acceptors (Lipinski definition) is 5. The minimum atomic E-state index is 0.118. The molecule has 0 bridgehead atoms. The molecule has 2 atom stereocenters. The molecule has 32 heavy (non-hydrogen) atoms.